The third-order valence-electron chi connectivity index (χ3n) is 4.67. The molecule has 0 aromatic heterocycles. The van der Waals surface area contributed by atoms with E-state index in [9.17, 15) is 24.6 Å². The molecule has 2 rings (SSSR count). The zero-order valence-corrected chi connectivity index (χ0v) is 16.8. The van der Waals surface area contributed by atoms with Gasteiger partial charge in [-0.25, -0.2) is 9.59 Å². The molecule has 2 atom stereocenters. The normalized spacial score (nSPS) is 14.2. The van der Waals surface area contributed by atoms with Gasteiger partial charge in [-0.05, 0) is 29.2 Å². The fraction of sp³-hybridized carbons (Fsp3) is 0.381. The number of carbonyl (C=O) groups excluding carboxylic acids is 2. The second kappa shape index (κ2) is 8.91. The van der Waals surface area contributed by atoms with Crippen LogP contribution in [0.5, 0.6) is 0 Å². The number of carbonyl (C=O) groups is 3. The number of primary amides is 1. The summed E-state index contributed by atoms with van der Waals surface area (Å²) >= 11 is 0. The van der Waals surface area contributed by atoms with Crippen LogP contribution in [0, 0.1) is 5.92 Å². The highest BCUT2D eigenvalue weighted by Gasteiger charge is 2.41. The summed E-state index contributed by atoms with van der Waals surface area (Å²) < 4.78 is 0. The highest BCUT2D eigenvalue weighted by atomic mass is 16.4. The van der Waals surface area contributed by atoms with Gasteiger partial charge in [0.05, 0.1) is 0 Å². The number of hydrogen-bond acceptors (Lipinski definition) is 4. The van der Waals surface area contributed by atoms with E-state index < -0.39 is 29.7 Å². The van der Waals surface area contributed by atoms with Crippen LogP contribution in [0.25, 0.3) is 10.8 Å². The average Bonchev–Trinajstić information content (AvgIpc) is 2.65. The number of amides is 3. The first-order chi connectivity index (χ1) is 13.5. The van der Waals surface area contributed by atoms with Gasteiger partial charge in [0.2, 0.25) is 11.6 Å². The Labute approximate surface area is 169 Å². The van der Waals surface area contributed by atoms with E-state index >= 15 is 0 Å². The molecule has 29 heavy (non-hydrogen) atoms. The summed E-state index contributed by atoms with van der Waals surface area (Å²) in [5.74, 6) is -2.44. The first-order valence-corrected chi connectivity index (χ1v) is 9.34. The minimum atomic E-state index is -2.43. The molecule has 0 saturated heterocycles. The maximum absolute atomic E-state index is 12.8. The molecular formula is C21H27N3O5. The smallest absolute Gasteiger partial charge is 0.357 e. The number of benzene rings is 2. The van der Waals surface area contributed by atoms with Crippen molar-refractivity contribution in [1.29, 1.82) is 0 Å². The molecule has 2 aromatic rings. The summed E-state index contributed by atoms with van der Waals surface area (Å²) in [4.78, 5) is 37.0. The molecular weight excluding hydrogens is 374 g/mol. The van der Waals surface area contributed by atoms with Crippen LogP contribution in [-0.4, -0.2) is 51.3 Å². The van der Waals surface area contributed by atoms with E-state index in [0.29, 0.717) is 0 Å². The van der Waals surface area contributed by atoms with Crippen molar-refractivity contribution in [2.45, 2.75) is 39.0 Å². The van der Waals surface area contributed by atoms with Crippen LogP contribution >= 0.6 is 0 Å². The van der Waals surface area contributed by atoms with E-state index in [1.54, 1.807) is 13.8 Å². The first kappa shape index (κ1) is 22.2. The van der Waals surface area contributed by atoms with Crippen molar-refractivity contribution < 1.29 is 24.6 Å². The Morgan fingerprint density at radius 3 is 2.34 bits per heavy atom. The molecule has 0 aliphatic heterocycles. The monoisotopic (exact) mass is 401 g/mol. The lowest BCUT2D eigenvalue weighted by Gasteiger charge is -2.35. The summed E-state index contributed by atoms with van der Waals surface area (Å²) in [6.45, 7) is 4.55. The molecule has 0 saturated carbocycles. The van der Waals surface area contributed by atoms with E-state index in [1.165, 1.54) is 0 Å². The molecule has 5 N–H and O–H groups in total. The first-order valence-electron chi connectivity index (χ1n) is 9.34. The van der Waals surface area contributed by atoms with E-state index in [4.69, 9.17) is 5.73 Å². The Morgan fingerprint density at radius 2 is 1.76 bits per heavy atom. The number of nitrogens with zero attached hydrogens (tertiary/aromatic N) is 1. The van der Waals surface area contributed by atoms with Gasteiger partial charge in [-0.3, -0.25) is 9.69 Å². The quantitative estimate of drug-likeness (QED) is 0.500. The number of nitrogens with one attached hydrogen (secondary N) is 1. The molecule has 0 heterocycles. The lowest BCUT2D eigenvalue weighted by Crippen LogP contribution is -2.61. The van der Waals surface area contributed by atoms with Crippen LogP contribution in [0.4, 0.5) is 4.79 Å². The van der Waals surface area contributed by atoms with Gasteiger partial charge in [0, 0.05) is 13.0 Å². The number of aliphatic carboxylic acids is 1. The maximum atomic E-state index is 12.8. The summed E-state index contributed by atoms with van der Waals surface area (Å²) in [5, 5.41) is 24.0. The number of carboxylic acid groups (broad SMARTS) is 1. The fourth-order valence-electron chi connectivity index (χ4n) is 3.08. The Morgan fingerprint density at radius 1 is 1.14 bits per heavy atom. The molecule has 8 heteroatoms. The van der Waals surface area contributed by atoms with Crippen molar-refractivity contribution in [1.82, 2.24) is 10.2 Å². The molecule has 0 bridgehead atoms. The van der Waals surface area contributed by atoms with E-state index in [-0.39, 0.29) is 18.9 Å². The van der Waals surface area contributed by atoms with Crippen molar-refractivity contribution in [2.24, 2.45) is 11.7 Å². The third-order valence-corrected chi connectivity index (χ3v) is 4.67. The minimum absolute atomic E-state index is 0.0229. The molecule has 3 amide bonds. The fourth-order valence-corrected chi connectivity index (χ4v) is 3.08. The third kappa shape index (κ3) is 5.23. The highest BCUT2D eigenvalue weighted by molar-refractivity contribution is 5.90. The molecule has 0 aliphatic rings. The maximum Gasteiger partial charge on any atom is 0.357 e. The second-order valence-electron chi connectivity index (χ2n) is 7.58. The van der Waals surface area contributed by atoms with Gasteiger partial charge in [0.25, 0.3) is 0 Å². The Hall–Kier alpha value is -3.13. The minimum Gasteiger partial charge on any atom is -0.478 e. The van der Waals surface area contributed by atoms with Crippen molar-refractivity contribution in [3.8, 4) is 0 Å². The summed E-state index contributed by atoms with van der Waals surface area (Å²) in [6, 6.07) is 11.3. The van der Waals surface area contributed by atoms with Gasteiger partial charge in [0.15, 0.2) is 0 Å². The number of urea groups is 1. The van der Waals surface area contributed by atoms with Gasteiger partial charge in [-0.1, -0.05) is 56.3 Å². The van der Waals surface area contributed by atoms with Crippen LogP contribution in [-0.2, 0) is 16.0 Å². The van der Waals surface area contributed by atoms with Crippen LogP contribution in [0.3, 0.4) is 0 Å². The standard InChI is InChI=1S/C21H27N3O5/c1-13(2)12-24(21(3,29)19(26)27)20(28)23-17(18(22)25)11-15-9-6-8-14-7-4-5-10-16(14)15/h4-10,13,17,29H,11-12H2,1-3H3,(H2,22,25)(H,23,28)(H,26,27)/t17-,21?/m0/s1. The Balaban J connectivity index is 2.29. The van der Waals surface area contributed by atoms with Crippen molar-refractivity contribution >= 4 is 28.7 Å². The van der Waals surface area contributed by atoms with E-state index in [1.807, 2.05) is 42.5 Å². The lowest BCUT2D eigenvalue weighted by atomic mass is 9.98. The van der Waals surface area contributed by atoms with Crippen LogP contribution in [0.2, 0.25) is 0 Å². The number of nitrogens with two attached hydrogens (primary N) is 1. The van der Waals surface area contributed by atoms with Gasteiger partial charge >= 0.3 is 12.0 Å². The number of carboxylic acids is 1. The Kier molecular flexibility index (Phi) is 6.81. The highest BCUT2D eigenvalue weighted by Crippen LogP contribution is 2.20. The largest absolute Gasteiger partial charge is 0.478 e. The summed E-state index contributed by atoms with van der Waals surface area (Å²) in [7, 11) is 0. The second-order valence-corrected chi connectivity index (χ2v) is 7.58. The molecule has 0 fully saturated rings. The zero-order chi connectivity index (χ0) is 21.8. The van der Waals surface area contributed by atoms with Crippen molar-refractivity contribution in [3.63, 3.8) is 0 Å². The molecule has 2 aromatic carbocycles. The van der Waals surface area contributed by atoms with Gasteiger partial charge in [-0.2, -0.15) is 0 Å². The van der Waals surface area contributed by atoms with Crippen molar-refractivity contribution in [3.05, 3.63) is 48.0 Å². The summed E-state index contributed by atoms with van der Waals surface area (Å²) in [5.41, 5.74) is 3.87. The van der Waals surface area contributed by atoms with E-state index in [0.717, 1.165) is 28.2 Å². The number of hydrogen-bond donors (Lipinski definition) is 4. The Bertz CT molecular complexity index is 905. The van der Waals surface area contributed by atoms with Crippen LogP contribution in [0.1, 0.15) is 26.3 Å². The van der Waals surface area contributed by atoms with Gasteiger partial charge in [-0.15, -0.1) is 0 Å². The van der Waals surface area contributed by atoms with E-state index in [2.05, 4.69) is 5.32 Å². The van der Waals surface area contributed by atoms with Gasteiger partial charge in [0.1, 0.15) is 6.04 Å². The predicted molar refractivity (Wildman–Crippen MR) is 109 cm³/mol. The van der Waals surface area contributed by atoms with Crippen LogP contribution < -0.4 is 11.1 Å². The molecule has 8 nitrogen and oxygen atoms in total. The number of rotatable bonds is 8. The van der Waals surface area contributed by atoms with Crippen molar-refractivity contribution in [2.75, 3.05) is 6.54 Å². The molecule has 156 valence electrons. The lowest BCUT2D eigenvalue weighted by molar-refractivity contribution is -0.173. The molecule has 1 unspecified atom stereocenters. The number of aliphatic hydroxyl groups is 1. The molecule has 0 radical (unpaired) electrons. The van der Waals surface area contributed by atoms with Gasteiger partial charge < -0.3 is 21.3 Å². The number of fused-ring (bicyclic) bond motifs is 1. The summed E-state index contributed by atoms with van der Waals surface area (Å²) in [6.07, 6.45) is 0.132. The SMILES string of the molecule is CC(C)CN(C(=O)N[C@@H](Cc1cccc2ccccc12)C(N)=O)C(C)(O)C(=O)O. The topological polar surface area (TPSA) is 133 Å². The van der Waals surface area contributed by atoms with Crippen LogP contribution in [0.15, 0.2) is 42.5 Å². The predicted octanol–water partition coefficient (Wildman–Crippen LogP) is 1.70. The molecule has 0 spiro atoms. The zero-order valence-electron chi connectivity index (χ0n) is 16.8. The molecule has 0 aliphatic carbocycles. The average molecular weight is 401 g/mol.